The third kappa shape index (κ3) is 6.06. The predicted octanol–water partition coefficient (Wildman–Crippen LogP) is -0.530. The highest BCUT2D eigenvalue weighted by molar-refractivity contribution is 5.79. The summed E-state index contributed by atoms with van der Waals surface area (Å²) in [5.41, 5.74) is 5.50. The molecule has 0 radical (unpaired) electrons. The molecule has 5 nitrogen and oxygen atoms in total. The Morgan fingerprint density at radius 1 is 1.20 bits per heavy atom. The van der Waals surface area contributed by atoms with Gasteiger partial charge in [0.25, 0.3) is 0 Å². The van der Waals surface area contributed by atoms with Crippen LogP contribution in [0.25, 0.3) is 0 Å². The highest BCUT2D eigenvalue weighted by Crippen LogP contribution is 2.08. The molecule has 1 atom stereocenters. The maximum absolute atomic E-state index is 11.6. The van der Waals surface area contributed by atoms with Gasteiger partial charge in [-0.05, 0) is 5.92 Å². The number of rotatable bonds is 6. The van der Waals surface area contributed by atoms with E-state index in [2.05, 4.69) is 10.6 Å². The number of nitrogens with two attached hydrogens (primary N) is 1. The van der Waals surface area contributed by atoms with Crippen LogP contribution in [-0.4, -0.2) is 31.4 Å². The molecule has 5 heteroatoms. The zero-order valence-corrected chi connectivity index (χ0v) is 9.67. The van der Waals surface area contributed by atoms with Gasteiger partial charge in [-0.1, -0.05) is 13.8 Å². The molecule has 15 heavy (non-hydrogen) atoms. The number of amides is 2. The van der Waals surface area contributed by atoms with Crippen LogP contribution in [0, 0.1) is 11.8 Å². The third-order valence-electron chi connectivity index (χ3n) is 2.19. The standard InChI is InChI=1S/C10H21N3O2/c1-7(2)9(6-11)10(15)13-5-4-12-8(3)14/h7,9H,4-6,11H2,1-3H3,(H,12,14)(H,13,15). The first kappa shape index (κ1) is 13.9. The van der Waals surface area contributed by atoms with Gasteiger partial charge in [0.1, 0.15) is 0 Å². The van der Waals surface area contributed by atoms with Crippen molar-refractivity contribution in [2.75, 3.05) is 19.6 Å². The minimum absolute atomic E-state index is 0.0437. The van der Waals surface area contributed by atoms with Gasteiger partial charge in [-0.25, -0.2) is 0 Å². The summed E-state index contributed by atoms with van der Waals surface area (Å²) in [5.74, 6) is -0.0561. The Morgan fingerprint density at radius 2 is 1.73 bits per heavy atom. The molecule has 0 saturated carbocycles. The van der Waals surface area contributed by atoms with Crippen molar-refractivity contribution in [2.45, 2.75) is 20.8 Å². The van der Waals surface area contributed by atoms with Gasteiger partial charge in [0.15, 0.2) is 0 Å². The Morgan fingerprint density at radius 3 is 2.13 bits per heavy atom. The van der Waals surface area contributed by atoms with Gasteiger partial charge in [0.2, 0.25) is 11.8 Å². The lowest BCUT2D eigenvalue weighted by Crippen LogP contribution is -2.41. The summed E-state index contributed by atoms with van der Waals surface area (Å²) in [4.78, 5) is 22.1. The summed E-state index contributed by atoms with van der Waals surface area (Å²) in [5, 5.41) is 5.34. The normalized spacial score (nSPS) is 12.3. The van der Waals surface area contributed by atoms with E-state index in [0.29, 0.717) is 19.6 Å². The second-order valence-corrected chi connectivity index (χ2v) is 3.86. The van der Waals surface area contributed by atoms with E-state index in [1.165, 1.54) is 6.92 Å². The van der Waals surface area contributed by atoms with Crippen molar-refractivity contribution in [3.8, 4) is 0 Å². The Labute approximate surface area is 90.8 Å². The van der Waals surface area contributed by atoms with Crippen LogP contribution >= 0.6 is 0 Å². The van der Waals surface area contributed by atoms with Crippen molar-refractivity contribution >= 4 is 11.8 Å². The number of carbonyl (C=O) groups excluding carboxylic acids is 2. The first-order valence-corrected chi connectivity index (χ1v) is 5.21. The van der Waals surface area contributed by atoms with Gasteiger partial charge < -0.3 is 16.4 Å². The molecule has 0 aliphatic carbocycles. The number of hydrogen-bond donors (Lipinski definition) is 3. The molecule has 0 spiro atoms. The zero-order chi connectivity index (χ0) is 11.8. The van der Waals surface area contributed by atoms with Crippen LogP contribution in [0.4, 0.5) is 0 Å². The minimum atomic E-state index is -0.151. The Bertz CT molecular complexity index is 217. The van der Waals surface area contributed by atoms with E-state index in [1.54, 1.807) is 0 Å². The summed E-state index contributed by atoms with van der Waals surface area (Å²) in [6.45, 7) is 6.62. The molecular weight excluding hydrogens is 194 g/mol. The van der Waals surface area contributed by atoms with E-state index in [9.17, 15) is 9.59 Å². The first-order chi connectivity index (χ1) is 6.99. The average Bonchev–Trinajstić information content (AvgIpc) is 2.12. The van der Waals surface area contributed by atoms with E-state index < -0.39 is 0 Å². The van der Waals surface area contributed by atoms with Crippen molar-refractivity contribution in [3.63, 3.8) is 0 Å². The highest BCUT2D eigenvalue weighted by atomic mass is 16.2. The lowest BCUT2D eigenvalue weighted by molar-refractivity contribution is -0.126. The number of nitrogens with one attached hydrogen (secondary N) is 2. The number of hydrogen-bond acceptors (Lipinski definition) is 3. The highest BCUT2D eigenvalue weighted by Gasteiger charge is 2.19. The molecule has 88 valence electrons. The van der Waals surface area contributed by atoms with Crippen molar-refractivity contribution in [1.29, 1.82) is 0 Å². The third-order valence-corrected chi connectivity index (χ3v) is 2.19. The summed E-state index contributed by atoms with van der Waals surface area (Å²) >= 11 is 0. The molecule has 1 unspecified atom stereocenters. The predicted molar refractivity (Wildman–Crippen MR) is 59.1 cm³/mol. The van der Waals surface area contributed by atoms with Crippen LogP contribution in [0.3, 0.4) is 0 Å². The second kappa shape index (κ2) is 7.23. The maximum Gasteiger partial charge on any atom is 0.224 e. The fourth-order valence-electron chi connectivity index (χ4n) is 1.24. The summed E-state index contributed by atoms with van der Waals surface area (Å²) in [6.07, 6.45) is 0. The van der Waals surface area contributed by atoms with Gasteiger partial charge in [-0.2, -0.15) is 0 Å². The fraction of sp³-hybridized carbons (Fsp3) is 0.800. The van der Waals surface area contributed by atoms with Gasteiger partial charge >= 0.3 is 0 Å². The van der Waals surface area contributed by atoms with Crippen molar-refractivity contribution < 1.29 is 9.59 Å². The molecule has 0 aromatic rings. The lowest BCUT2D eigenvalue weighted by atomic mass is 9.95. The van der Waals surface area contributed by atoms with Crippen LogP contribution in [-0.2, 0) is 9.59 Å². The molecule has 2 amide bonds. The fourth-order valence-corrected chi connectivity index (χ4v) is 1.24. The van der Waals surface area contributed by atoms with Crippen LogP contribution < -0.4 is 16.4 Å². The first-order valence-electron chi connectivity index (χ1n) is 5.21. The molecule has 0 fully saturated rings. The Hall–Kier alpha value is -1.10. The number of carbonyl (C=O) groups is 2. The molecule has 0 aliphatic heterocycles. The smallest absolute Gasteiger partial charge is 0.224 e. The summed E-state index contributed by atoms with van der Waals surface area (Å²) in [6, 6.07) is 0. The largest absolute Gasteiger partial charge is 0.355 e. The van der Waals surface area contributed by atoms with Crippen LogP contribution in [0.5, 0.6) is 0 Å². The van der Waals surface area contributed by atoms with Crippen LogP contribution in [0.15, 0.2) is 0 Å². The Kier molecular flexibility index (Phi) is 6.70. The minimum Gasteiger partial charge on any atom is -0.355 e. The maximum atomic E-state index is 11.6. The molecule has 0 saturated heterocycles. The summed E-state index contributed by atoms with van der Waals surface area (Å²) < 4.78 is 0. The van der Waals surface area contributed by atoms with Crippen LogP contribution in [0.1, 0.15) is 20.8 Å². The van der Waals surface area contributed by atoms with Crippen molar-refractivity contribution in [1.82, 2.24) is 10.6 Å². The molecule has 0 rings (SSSR count). The van der Waals surface area contributed by atoms with E-state index >= 15 is 0 Å². The molecular formula is C10H21N3O2. The SMILES string of the molecule is CC(=O)NCCNC(=O)C(CN)C(C)C. The van der Waals surface area contributed by atoms with Gasteiger partial charge in [0, 0.05) is 26.6 Å². The second-order valence-electron chi connectivity index (χ2n) is 3.86. The lowest BCUT2D eigenvalue weighted by Gasteiger charge is -2.18. The molecule has 0 bridgehead atoms. The van der Waals surface area contributed by atoms with E-state index in [1.807, 2.05) is 13.8 Å². The molecule has 0 aromatic carbocycles. The molecule has 0 heterocycles. The summed E-state index contributed by atoms with van der Waals surface area (Å²) in [7, 11) is 0. The van der Waals surface area contributed by atoms with E-state index in [-0.39, 0.29) is 23.7 Å². The average molecular weight is 215 g/mol. The van der Waals surface area contributed by atoms with Crippen molar-refractivity contribution in [3.05, 3.63) is 0 Å². The molecule has 0 aliphatic rings. The van der Waals surface area contributed by atoms with Gasteiger partial charge in [-0.15, -0.1) is 0 Å². The monoisotopic (exact) mass is 215 g/mol. The quantitative estimate of drug-likeness (QED) is 0.521. The topological polar surface area (TPSA) is 84.2 Å². The van der Waals surface area contributed by atoms with Gasteiger partial charge in [-0.3, -0.25) is 9.59 Å². The van der Waals surface area contributed by atoms with Gasteiger partial charge in [0.05, 0.1) is 5.92 Å². The molecule has 4 N–H and O–H groups in total. The molecule has 0 aromatic heterocycles. The van der Waals surface area contributed by atoms with E-state index in [4.69, 9.17) is 5.73 Å². The van der Waals surface area contributed by atoms with Crippen LogP contribution in [0.2, 0.25) is 0 Å². The van der Waals surface area contributed by atoms with E-state index in [0.717, 1.165) is 0 Å². The van der Waals surface area contributed by atoms with Crippen molar-refractivity contribution in [2.24, 2.45) is 17.6 Å². The zero-order valence-electron chi connectivity index (χ0n) is 9.67. The Balaban J connectivity index is 3.77.